The Balaban J connectivity index is 1.68. The molecule has 0 aliphatic heterocycles. The summed E-state index contributed by atoms with van der Waals surface area (Å²) in [5.74, 6) is -4.28. The number of halogens is 3. The third-order valence-electron chi connectivity index (χ3n) is 4.68. The van der Waals surface area contributed by atoms with Crippen molar-refractivity contribution in [2.45, 2.75) is 32.2 Å². The zero-order valence-corrected chi connectivity index (χ0v) is 17.0. The van der Waals surface area contributed by atoms with Gasteiger partial charge < -0.3 is 14.8 Å². The number of hydrogen-bond acceptors (Lipinski definition) is 7. The van der Waals surface area contributed by atoms with Crippen molar-refractivity contribution in [1.82, 2.24) is 0 Å². The van der Waals surface area contributed by atoms with Gasteiger partial charge in [-0.05, 0) is 19.9 Å². The summed E-state index contributed by atoms with van der Waals surface area (Å²) in [6.45, 7) is 2.26. The maximum Gasteiger partial charge on any atom is 0.490 e. The Hall–Kier alpha value is -3.69. The molecule has 0 saturated heterocycles. The minimum Gasteiger partial charge on any atom is -0.461 e. The van der Waals surface area contributed by atoms with E-state index in [-0.39, 0.29) is 34.9 Å². The lowest BCUT2D eigenvalue weighted by atomic mass is 9.83. The number of esters is 2. The monoisotopic (exact) mass is 449 g/mol. The van der Waals surface area contributed by atoms with Gasteiger partial charge >= 0.3 is 18.1 Å². The molecule has 0 heterocycles. The van der Waals surface area contributed by atoms with Crippen molar-refractivity contribution in [3.63, 3.8) is 0 Å². The summed E-state index contributed by atoms with van der Waals surface area (Å²) in [5, 5.41) is 2.97. The second-order valence-electron chi connectivity index (χ2n) is 7.15. The van der Waals surface area contributed by atoms with Crippen molar-refractivity contribution in [1.29, 1.82) is 0 Å². The van der Waals surface area contributed by atoms with E-state index in [9.17, 15) is 32.3 Å². The number of rotatable bonds is 6. The summed E-state index contributed by atoms with van der Waals surface area (Å²) >= 11 is 0. The molecule has 2 aromatic carbocycles. The van der Waals surface area contributed by atoms with Gasteiger partial charge in [-0.25, -0.2) is 9.59 Å². The van der Waals surface area contributed by atoms with Crippen LogP contribution in [0.4, 0.5) is 18.9 Å². The van der Waals surface area contributed by atoms with E-state index in [0.29, 0.717) is 11.3 Å². The number of nitrogens with one attached hydrogen (secondary N) is 1. The van der Waals surface area contributed by atoms with Gasteiger partial charge in [0.1, 0.15) is 6.61 Å². The number of anilines is 1. The van der Waals surface area contributed by atoms with E-state index in [1.165, 1.54) is 6.07 Å². The fraction of sp³-hybridized carbons (Fsp3) is 0.273. The summed E-state index contributed by atoms with van der Waals surface area (Å²) in [5.41, 5.74) is 1.35. The topological polar surface area (TPSA) is 98.8 Å². The standard InChI is InChI=1S/C22H18F3NO6/c1-11(10-31-20(29)12(2)32-21(30)22(23,24)25)26-16-9-5-8-15-17(16)19(28)14-7-4-3-6-13(14)18(15)27/h3-9,11-12,26H,10H2,1-2H3/t11-,12-/m0/s1. The fourth-order valence-corrected chi connectivity index (χ4v) is 3.17. The molecule has 32 heavy (non-hydrogen) atoms. The van der Waals surface area contributed by atoms with Crippen molar-refractivity contribution in [2.75, 3.05) is 11.9 Å². The molecule has 1 aliphatic rings. The van der Waals surface area contributed by atoms with Crippen LogP contribution in [0, 0.1) is 0 Å². The van der Waals surface area contributed by atoms with Crippen LogP contribution in [0.2, 0.25) is 0 Å². The maximum absolute atomic E-state index is 13.0. The molecule has 1 N–H and O–H groups in total. The molecule has 3 rings (SSSR count). The van der Waals surface area contributed by atoms with E-state index >= 15 is 0 Å². The van der Waals surface area contributed by atoms with Crippen LogP contribution >= 0.6 is 0 Å². The largest absolute Gasteiger partial charge is 0.490 e. The van der Waals surface area contributed by atoms with Crippen LogP contribution in [0.3, 0.4) is 0 Å². The zero-order chi connectivity index (χ0) is 23.6. The lowest BCUT2D eigenvalue weighted by Crippen LogP contribution is -2.35. The molecule has 10 heteroatoms. The van der Waals surface area contributed by atoms with Crippen LogP contribution in [-0.2, 0) is 19.1 Å². The summed E-state index contributed by atoms with van der Waals surface area (Å²) in [6.07, 6.45) is -6.98. The normalized spacial score (nSPS) is 14.7. The Kier molecular flexibility index (Phi) is 6.33. The smallest absolute Gasteiger partial charge is 0.461 e. The minimum absolute atomic E-state index is 0.182. The molecule has 2 atom stereocenters. The molecule has 0 bridgehead atoms. The van der Waals surface area contributed by atoms with Crippen LogP contribution in [0.1, 0.15) is 45.7 Å². The first-order chi connectivity index (χ1) is 15.0. The Labute approximate surface area is 180 Å². The van der Waals surface area contributed by atoms with Crippen LogP contribution in [0.15, 0.2) is 42.5 Å². The average Bonchev–Trinajstić information content (AvgIpc) is 2.75. The highest BCUT2D eigenvalue weighted by molar-refractivity contribution is 6.30. The van der Waals surface area contributed by atoms with Gasteiger partial charge in [-0.1, -0.05) is 36.4 Å². The van der Waals surface area contributed by atoms with E-state index in [4.69, 9.17) is 4.74 Å². The predicted octanol–water partition coefficient (Wildman–Crippen LogP) is 3.30. The number of hydrogen-bond donors (Lipinski definition) is 1. The van der Waals surface area contributed by atoms with E-state index in [1.807, 2.05) is 0 Å². The van der Waals surface area contributed by atoms with Gasteiger partial charge in [0.25, 0.3) is 0 Å². The Morgan fingerprint density at radius 3 is 2.16 bits per heavy atom. The second-order valence-corrected chi connectivity index (χ2v) is 7.15. The molecule has 2 aromatic rings. The van der Waals surface area contributed by atoms with Crippen molar-refractivity contribution in [3.05, 3.63) is 64.7 Å². The van der Waals surface area contributed by atoms with Gasteiger partial charge in [-0.15, -0.1) is 0 Å². The zero-order valence-electron chi connectivity index (χ0n) is 17.0. The summed E-state index contributed by atoms with van der Waals surface area (Å²) < 4.78 is 45.6. The SMILES string of the molecule is C[C@H](OC(=O)C(F)(F)F)C(=O)OC[C@H](C)Nc1cccc2c1C(=O)c1ccccc1C2=O. The van der Waals surface area contributed by atoms with Gasteiger partial charge in [0, 0.05) is 22.4 Å². The van der Waals surface area contributed by atoms with Gasteiger partial charge in [-0.3, -0.25) is 9.59 Å². The molecule has 0 spiro atoms. The molecule has 0 saturated carbocycles. The van der Waals surface area contributed by atoms with Crippen LogP contribution in [-0.4, -0.2) is 48.4 Å². The Morgan fingerprint density at radius 2 is 1.53 bits per heavy atom. The average molecular weight is 449 g/mol. The van der Waals surface area contributed by atoms with Crippen molar-refractivity contribution >= 4 is 29.2 Å². The summed E-state index contributed by atoms with van der Waals surface area (Å²) in [7, 11) is 0. The van der Waals surface area contributed by atoms with Crippen LogP contribution < -0.4 is 5.32 Å². The lowest BCUT2D eigenvalue weighted by molar-refractivity contribution is -0.207. The van der Waals surface area contributed by atoms with Gasteiger partial charge in [0.2, 0.25) is 0 Å². The lowest BCUT2D eigenvalue weighted by Gasteiger charge is -2.23. The molecule has 0 unspecified atom stereocenters. The fourth-order valence-electron chi connectivity index (χ4n) is 3.17. The number of ketones is 2. The first kappa shape index (κ1) is 23.0. The predicted molar refractivity (Wildman–Crippen MR) is 105 cm³/mol. The number of ether oxygens (including phenoxy) is 2. The highest BCUT2D eigenvalue weighted by Crippen LogP contribution is 2.32. The van der Waals surface area contributed by atoms with Crippen LogP contribution in [0.25, 0.3) is 0 Å². The van der Waals surface area contributed by atoms with Crippen LogP contribution in [0.5, 0.6) is 0 Å². The van der Waals surface area contributed by atoms with Gasteiger partial charge in [0.15, 0.2) is 17.7 Å². The van der Waals surface area contributed by atoms with E-state index in [2.05, 4.69) is 10.1 Å². The highest BCUT2D eigenvalue weighted by Gasteiger charge is 2.43. The molecule has 1 aliphatic carbocycles. The van der Waals surface area contributed by atoms with Gasteiger partial charge in [0.05, 0.1) is 11.6 Å². The molecule has 0 amide bonds. The first-order valence-electron chi connectivity index (χ1n) is 9.53. The second kappa shape index (κ2) is 8.81. The quantitative estimate of drug-likeness (QED) is 0.577. The molecule has 0 radical (unpaired) electrons. The molecule has 0 fully saturated rings. The number of carbonyl (C=O) groups is 4. The summed E-state index contributed by atoms with van der Waals surface area (Å²) in [6, 6.07) is 10.6. The van der Waals surface area contributed by atoms with Gasteiger partial charge in [-0.2, -0.15) is 13.2 Å². The van der Waals surface area contributed by atoms with Crippen molar-refractivity contribution < 1.29 is 41.8 Å². The molecule has 7 nitrogen and oxygen atoms in total. The van der Waals surface area contributed by atoms with E-state index < -0.39 is 30.3 Å². The number of alkyl halides is 3. The molecule has 0 aromatic heterocycles. The summed E-state index contributed by atoms with van der Waals surface area (Å²) in [4.78, 5) is 48.4. The van der Waals surface area contributed by atoms with Crippen molar-refractivity contribution in [2.24, 2.45) is 0 Å². The Bertz CT molecular complexity index is 1100. The highest BCUT2D eigenvalue weighted by atomic mass is 19.4. The molecule has 168 valence electrons. The van der Waals surface area contributed by atoms with E-state index in [1.54, 1.807) is 43.3 Å². The number of carbonyl (C=O) groups excluding carboxylic acids is 4. The number of benzene rings is 2. The number of fused-ring (bicyclic) bond motifs is 2. The van der Waals surface area contributed by atoms with Crippen molar-refractivity contribution in [3.8, 4) is 0 Å². The molecular weight excluding hydrogens is 431 g/mol. The molecular formula is C22H18F3NO6. The van der Waals surface area contributed by atoms with E-state index in [0.717, 1.165) is 6.92 Å². The third kappa shape index (κ3) is 4.63. The third-order valence-corrected chi connectivity index (χ3v) is 4.68. The minimum atomic E-state index is -5.22. The Morgan fingerprint density at radius 1 is 0.938 bits per heavy atom. The maximum atomic E-state index is 13.0. The first-order valence-corrected chi connectivity index (χ1v) is 9.53.